The minimum Gasteiger partial charge on any atom is -0.493 e. The Labute approximate surface area is 214 Å². The molecule has 1 aliphatic rings. The molecule has 0 aliphatic carbocycles. The molecule has 1 atom stereocenters. The number of nitrogens with one attached hydrogen (secondary N) is 4. The zero-order valence-electron chi connectivity index (χ0n) is 20.9. The summed E-state index contributed by atoms with van der Waals surface area (Å²) in [6.07, 6.45) is 2.26. The highest BCUT2D eigenvalue weighted by molar-refractivity contribution is 5.98. The predicted molar refractivity (Wildman–Crippen MR) is 134 cm³/mol. The molecule has 1 aliphatic heterocycles. The quantitative estimate of drug-likeness (QED) is 0.260. The van der Waals surface area contributed by atoms with E-state index in [2.05, 4.69) is 21.6 Å². The number of aryl methyl sites for hydroxylation is 1. The van der Waals surface area contributed by atoms with Gasteiger partial charge < -0.3 is 30.0 Å². The highest BCUT2D eigenvalue weighted by atomic mass is 16.5. The molecule has 0 aromatic heterocycles. The van der Waals surface area contributed by atoms with E-state index in [-0.39, 0.29) is 35.9 Å². The molecule has 12 nitrogen and oxygen atoms in total. The second kappa shape index (κ2) is 13.0. The minimum absolute atomic E-state index is 0.152. The molecule has 2 aromatic rings. The van der Waals surface area contributed by atoms with Crippen molar-refractivity contribution in [1.29, 1.82) is 0 Å². The van der Waals surface area contributed by atoms with E-state index in [1.54, 1.807) is 17.1 Å². The van der Waals surface area contributed by atoms with Crippen molar-refractivity contribution in [1.82, 2.24) is 26.6 Å². The van der Waals surface area contributed by atoms with Gasteiger partial charge in [0.15, 0.2) is 11.5 Å². The van der Waals surface area contributed by atoms with Crippen molar-refractivity contribution >= 4 is 17.8 Å². The number of carboxylic acids is 1. The summed E-state index contributed by atoms with van der Waals surface area (Å²) in [7, 11) is 4.38. The molecular formula is C25H31N5O7. The first-order chi connectivity index (χ1) is 17.9. The summed E-state index contributed by atoms with van der Waals surface area (Å²) in [5.74, 6) is -1.06. The van der Waals surface area contributed by atoms with Crippen LogP contribution in [0.15, 0.2) is 54.4 Å². The Morgan fingerprint density at radius 1 is 0.973 bits per heavy atom. The van der Waals surface area contributed by atoms with Gasteiger partial charge in [-0.3, -0.25) is 20.0 Å². The molecule has 0 fully saturated rings. The van der Waals surface area contributed by atoms with E-state index in [9.17, 15) is 19.5 Å². The maximum Gasteiger partial charge on any atom is 0.326 e. The average molecular weight is 514 g/mol. The van der Waals surface area contributed by atoms with Gasteiger partial charge in [0, 0.05) is 12.7 Å². The zero-order valence-corrected chi connectivity index (χ0v) is 20.9. The van der Waals surface area contributed by atoms with Crippen molar-refractivity contribution in [2.45, 2.75) is 18.9 Å². The first-order valence-corrected chi connectivity index (χ1v) is 11.5. The normalized spacial score (nSPS) is 13.2. The summed E-state index contributed by atoms with van der Waals surface area (Å²) in [4.78, 5) is 36.9. The highest BCUT2D eigenvalue weighted by Crippen LogP contribution is 2.39. The number of ether oxygens (including phenoxy) is 3. The van der Waals surface area contributed by atoms with E-state index >= 15 is 0 Å². The third-order valence-corrected chi connectivity index (χ3v) is 5.62. The predicted octanol–water partition coefficient (Wildman–Crippen LogP) is 0.811. The molecule has 0 bridgehead atoms. The Bertz CT molecular complexity index is 1140. The van der Waals surface area contributed by atoms with Gasteiger partial charge in [-0.05, 0) is 30.5 Å². The lowest BCUT2D eigenvalue weighted by Gasteiger charge is -2.17. The van der Waals surface area contributed by atoms with Crippen molar-refractivity contribution in [2.75, 3.05) is 34.4 Å². The van der Waals surface area contributed by atoms with Crippen LogP contribution >= 0.6 is 0 Å². The van der Waals surface area contributed by atoms with Crippen molar-refractivity contribution in [3.63, 3.8) is 0 Å². The molecule has 2 aromatic carbocycles. The molecule has 0 spiro atoms. The topological polar surface area (TPSA) is 150 Å². The zero-order chi connectivity index (χ0) is 26.8. The fraction of sp³-hybridized carbons (Fsp3) is 0.320. The molecule has 5 N–H and O–H groups in total. The lowest BCUT2D eigenvalue weighted by atomic mass is 10.1. The smallest absolute Gasteiger partial charge is 0.326 e. The number of carboxylic acid groups (broad SMARTS) is 1. The Morgan fingerprint density at radius 3 is 2.35 bits per heavy atom. The molecule has 0 saturated carbocycles. The van der Waals surface area contributed by atoms with Gasteiger partial charge in [-0.2, -0.15) is 0 Å². The SMILES string of the molecule is COc1ccc(C(=O)NCCN2C=C(C(=O)N[C@@H](CCc3ccccc3)C(=O)O)NN2)c(OC)c1OC. The van der Waals surface area contributed by atoms with Crippen molar-refractivity contribution < 1.29 is 33.7 Å². The van der Waals surface area contributed by atoms with Crippen LogP contribution in [0.1, 0.15) is 22.3 Å². The van der Waals surface area contributed by atoms with Crippen LogP contribution in [-0.2, 0) is 16.0 Å². The molecule has 2 amide bonds. The molecule has 12 heteroatoms. The Morgan fingerprint density at radius 2 is 1.70 bits per heavy atom. The summed E-state index contributed by atoms with van der Waals surface area (Å²) < 4.78 is 15.9. The second-order valence-corrected chi connectivity index (χ2v) is 8.00. The second-order valence-electron chi connectivity index (χ2n) is 8.00. The third kappa shape index (κ3) is 7.04. The third-order valence-electron chi connectivity index (χ3n) is 5.62. The van der Waals surface area contributed by atoms with Gasteiger partial charge in [0.2, 0.25) is 5.75 Å². The van der Waals surface area contributed by atoms with Crippen LogP contribution in [0, 0.1) is 0 Å². The van der Waals surface area contributed by atoms with E-state index in [1.165, 1.54) is 27.5 Å². The maximum atomic E-state index is 12.7. The summed E-state index contributed by atoms with van der Waals surface area (Å²) in [5, 5.41) is 16.4. The Kier molecular flexibility index (Phi) is 9.55. The summed E-state index contributed by atoms with van der Waals surface area (Å²) >= 11 is 0. The number of carbonyl (C=O) groups is 3. The van der Waals surface area contributed by atoms with E-state index in [1.807, 2.05) is 30.3 Å². The van der Waals surface area contributed by atoms with Crippen molar-refractivity contribution in [3.8, 4) is 17.2 Å². The summed E-state index contributed by atoms with van der Waals surface area (Å²) in [5.41, 5.74) is 6.91. The van der Waals surface area contributed by atoms with Crippen molar-refractivity contribution in [2.24, 2.45) is 0 Å². The fourth-order valence-corrected chi connectivity index (χ4v) is 3.70. The molecule has 1 heterocycles. The van der Waals surface area contributed by atoms with Crippen LogP contribution < -0.4 is 35.8 Å². The lowest BCUT2D eigenvalue weighted by Crippen LogP contribution is -2.45. The number of hydrogen-bond acceptors (Lipinski definition) is 9. The summed E-state index contributed by atoms with van der Waals surface area (Å²) in [6.45, 7) is 0.534. The monoisotopic (exact) mass is 513 g/mol. The number of rotatable bonds is 13. The van der Waals surface area contributed by atoms with Gasteiger partial charge in [-0.25, -0.2) is 4.79 Å². The minimum atomic E-state index is -1.11. The standard InChI is InChI=1S/C25H31N5O7/c1-35-20-12-10-17(21(36-2)22(20)37-3)23(31)26-13-14-30-15-19(28-29-30)24(32)27-18(25(33)34)11-9-16-7-5-4-6-8-16/h4-8,10,12,15,18,28-29H,9,11,13-14H2,1-3H3,(H,26,31)(H,27,32)(H,33,34)/t18-/m0/s1. The molecular weight excluding hydrogens is 482 g/mol. The van der Waals surface area contributed by atoms with Gasteiger partial charge in [-0.1, -0.05) is 30.3 Å². The number of aliphatic carboxylic acids is 1. The first kappa shape index (κ1) is 27.1. The number of carbonyl (C=O) groups excluding carboxylic acids is 2. The average Bonchev–Trinajstić information content (AvgIpc) is 3.39. The van der Waals surface area contributed by atoms with Crippen molar-refractivity contribution in [3.05, 3.63) is 65.5 Å². The van der Waals surface area contributed by atoms with Crippen LogP contribution in [0.25, 0.3) is 0 Å². The molecule has 0 saturated heterocycles. The van der Waals surface area contributed by atoms with E-state index in [4.69, 9.17) is 14.2 Å². The van der Waals surface area contributed by atoms with Crippen LogP contribution in [0.5, 0.6) is 17.2 Å². The Balaban J connectivity index is 1.52. The van der Waals surface area contributed by atoms with Crippen LogP contribution in [-0.4, -0.2) is 68.4 Å². The molecule has 198 valence electrons. The number of amides is 2. The number of hydrogen-bond donors (Lipinski definition) is 5. The van der Waals surface area contributed by atoms with Crippen LogP contribution in [0.3, 0.4) is 0 Å². The van der Waals surface area contributed by atoms with Crippen LogP contribution in [0.2, 0.25) is 0 Å². The highest BCUT2D eigenvalue weighted by Gasteiger charge is 2.25. The number of hydrazine groups is 2. The van der Waals surface area contributed by atoms with Gasteiger partial charge >= 0.3 is 5.97 Å². The molecule has 37 heavy (non-hydrogen) atoms. The summed E-state index contributed by atoms with van der Waals surface area (Å²) in [6, 6.07) is 11.6. The van der Waals surface area contributed by atoms with E-state index in [0.717, 1.165) is 5.56 Å². The van der Waals surface area contributed by atoms with Gasteiger partial charge in [0.1, 0.15) is 11.7 Å². The largest absolute Gasteiger partial charge is 0.493 e. The Hall–Kier alpha value is -4.45. The first-order valence-electron chi connectivity index (χ1n) is 11.5. The number of benzene rings is 2. The molecule has 3 rings (SSSR count). The number of nitrogens with zero attached hydrogens (tertiary/aromatic N) is 1. The fourth-order valence-electron chi connectivity index (χ4n) is 3.70. The van der Waals surface area contributed by atoms with Gasteiger partial charge in [-0.15, -0.1) is 5.53 Å². The maximum absolute atomic E-state index is 12.7. The van der Waals surface area contributed by atoms with Gasteiger partial charge in [0.25, 0.3) is 11.8 Å². The van der Waals surface area contributed by atoms with E-state index in [0.29, 0.717) is 24.5 Å². The van der Waals surface area contributed by atoms with Crippen LogP contribution in [0.4, 0.5) is 0 Å². The van der Waals surface area contributed by atoms with E-state index < -0.39 is 17.9 Å². The molecule has 0 radical (unpaired) electrons. The molecule has 0 unspecified atom stereocenters. The van der Waals surface area contributed by atoms with Gasteiger partial charge in [0.05, 0.1) is 33.4 Å². The number of methoxy groups -OCH3 is 3. The lowest BCUT2D eigenvalue weighted by molar-refractivity contribution is -0.141.